The van der Waals surface area contributed by atoms with Crippen molar-refractivity contribution in [1.82, 2.24) is 0 Å². The topological polar surface area (TPSA) is 26.0 Å². The zero-order valence-electron chi connectivity index (χ0n) is 11.0. The van der Waals surface area contributed by atoms with E-state index in [4.69, 9.17) is 5.73 Å². The molecule has 2 aromatic carbocycles. The van der Waals surface area contributed by atoms with Gasteiger partial charge in [0.05, 0.1) is 0 Å². The predicted octanol–water partition coefficient (Wildman–Crippen LogP) is 4.20. The molecule has 0 radical (unpaired) electrons. The smallest absolute Gasteiger partial charge is 0.0320 e. The third-order valence-electron chi connectivity index (χ3n) is 3.24. The molecule has 0 heterocycles. The number of rotatable bonds is 3. The van der Waals surface area contributed by atoms with Crippen molar-refractivity contribution in [3.05, 3.63) is 71.3 Å². The van der Waals surface area contributed by atoms with Gasteiger partial charge in [0.15, 0.2) is 0 Å². The van der Waals surface area contributed by atoms with E-state index in [1.165, 1.54) is 22.3 Å². The molecule has 0 unspecified atom stereocenters. The van der Waals surface area contributed by atoms with Crippen LogP contribution in [0.2, 0.25) is 0 Å². The average molecular weight is 237 g/mol. The number of nitrogen functional groups attached to an aromatic ring is 1. The third-order valence-corrected chi connectivity index (χ3v) is 3.24. The van der Waals surface area contributed by atoms with Crippen molar-refractivity contribution in [2.45, 2.75) is 20.3 Å². The molecule has 0 aromatic heterocycles. The van der Waals surface area contributed by atoms with Crippen molar-refractivity contribution in [2.24, 2.45) is 0 Å². The van der Waals surface area contributed by atoms with E-state index in [1.54, 1.807) is 0 Å². The van der Waals surface area contributed by atoms with Gasteiger partial charge in [-0.2, -0.15) is 0 Å². The molecule has 2 rings (SSSR count). The van der Waals surface area contributed by atoms with Gasteiger partial charge in [0, 0.05) is 5.69 Å². The maximum Gasteiger partial charge on any atom is 0.0320 e. The fourth-order valence-corrected chi connectivity index (χ4v) is 2.16. The normalized spacial score (nSPS) is 10.3. The molecule has 1 heteroatoms. The van der Waals surface area contributed by atoms with Gasteiger partial charge >= 0.3 is 0 Å². The van der Waals surface area contributed by atoms with E-state index in [2.05, 4.69) is 43.8 Å². The summed E-state index contributed by atoms with van der Waals surface area (Å²) in [5.74, 6) is 0. The van der Waals surface area contributed by atoms with Crippen LogP contribution in [-0.4, -0.2) is 0 Å². The van der Waals surface area contributed by atoms with Crippen LogP contribution in [0.15, 0.2) is 49.0 Å². The van der Waals surface area contributed by atoms with Gasteiger partial charge in [0.25, 0.3) is 0 Å². The highest BCUT2D eigenvalue weighted by Gasteiger charge is 2.06. The molecule has 1 nitrogen and oxygen atoms in total. The minimum atomic E-state index is 0.793. The van der Waals surface area contributed by atoms with Gasteiger partial charge in [-0.25, -0.2) is 0 Å². The van der Waals surface area contributed by atoms with E-state index >= 15 is 0 Å². The lowest BCUT2D eigenvalue weighted by Gasteiger charge is -2.12. The Morgan fingerprint density at radius 2 is 1.83 bits per heavy atom. The zero-order valence-corrected chi connectivity index (χ0v) is 11.0. The average Bonchev–Trinajstić information content (AvgIpc) is 2.34. The molecule has 2 aromatic rings. The minimum Gasteiger partial charge on any atom is -0.399 e. The van der Waals surface area contributed by atoms with Gasteiger partial charge in [-0.3, -0.25) is 0 Å². The first kappa shape index (κ1) is 12.4. The number of hydrogen-bond donors (Lipinski definition) is 1. The van der Waals surface area contributed by atoms with E-state index in [1.807, 2.05) is 19.1 Å². The Labute approximate surface area is 109 Å². The van der Waals surface area contributed by atoms with Gasteiger partial charge < -0.3 is 5.73 Å². The van der Waals surface area contributed by atoms with Crippen molar-refractivity contribution in [3.63, 3.8) is 0 Å². The Hall–Kier alpha value is -2.02. The first-order chi connectivity index (χ1) is 8.58. The zero-order chi connectivity index (χ0) is 13.1. The first-order valence-electron chi connectivity index (χ1n) is 6.16. The predicted molar refractivity (Wildman–Crippen MR) is 79.5 cm³/mol. The summed E-state index contributed by atoms with van der Waals surface area (Å²) in [6, 6.07) is 14.5. The quantitative estimate of drug-likeness (QED) is 0.795. The molecule has 0 saturated carbocycles. The summed E-state index contributed by atoms with van der Waals surface area (Å²) in [5.41, 5.74) is 12.8. The summed E-state index contributed by atoms with van der Waals surface area (Å²) in [6.45, 7) is 8.21. The second kappa shape index (κ2) is 5.09. The van der Waals surface area contributed by atoms with E-state index in [-0.39, 0.29) is 0 Å². The minimum absolute atomic E-state index is 0.793. The van der Waals surface area contributed by atoms with Gasteiger partial charge in [0.2, 0.25) is 0 Å². The summed E-state index contributed by atoms with van der Waals surface area (Å²) in [7, 11) is 0. The Bertz CT molecular complexity index is 582. The number of hydrogen-bond acceptors (Lipinski definition) is 1. The van der Waals surface area contributed by atoms with Crippen LogP contribution < -0.4 is 5.73 Å². The van der Waals surface area contributed by atoms with Gasteiger partial charge in [-0.15, -0.1) is 0 Å². The Morgan fingerprint density at radius 1 is 1.11 bits per heavy atom. The molecular weight excluding hydrogens is 218 g/mol. The van der Waals surface area contributed by atoms with Crippen molar-refractivity contribution >= 4 is 11.3 Å². The van der Waals surface area contributed by atoms with Crippen LogP contribution in [-0.2, 0) is 6.42 Å². The van der Waals surface area contributed by atoms with E-state index in [0.717, 1.165) is 17.7 Å². The van der Waals surface area contributed by atoms with Crippen molar-refractivity contribution < 1.29 is 0 Å². The molecule has 92 valence electrons. The number of nitrogens with two attached hydrogens (primary N) is 1. The van der Waals surface area contributed by atoms with Gasteiger partial charge in [0.1, 0.15) is 0 Å². The Balaban J connectivity index is 2.41. The van der Waals surface area contributed by atoms with Crippen LogP contribution in [0.3, 0.4) is 0 Å². The number of benzene rings is 2. The summed E-state index contributed by atoms with van der Waals surface area (Å²) >= 11 is 0. The molecule has 0 aliphatic heterocycles. The van der Waals surface area contributed by atoms with E-state index in [9.17, 15) is 0 Å². The molecule has 0 aliphatic rings. The highest BCUT2D eigenvalue weighted by Crippen LogP contribution is 2.24. The van der Waals surface area contributed by atoms with Crippen LogP contribution in [0.5, 0.6) is 0 Å². The molecular formula is C17H19N. The molecule has 0 atom stereocenters. The van der Waals surface area contributed by atoms with Crippen LogP contribution in [0, 0.1) is 6.92 Å². The second-order valence-electron chi connectivity index (χ2n) is 4.80. The SMILES string of the molecule is C=C(C)c1cc(N)ccc1Cc1ccccc1C. The number of aryl methyl sites for hydroxylation is 1. The third kappa shape index (κ3) is 2.62. The summed E-state index contributed by atoms with van der Waals surface area (Å²) in [5, 5.41) is 0. The number of anilines is 1. The van der Waals surface area contributed by atoms with Crippen molar-refractivity contribution in [2.75, 3.05) is 5.73 Å². The van der Waals surface area contributed by atoms with E-state index < -0.39 is 0 Å². The Morgan fingerprint density at radius 3 is 2.50 bits per heavy atom. The summed E-state index contributed by atoms with van der Waals surface area (Å²) < 4.78 is 0. The molecule has 0 amide bonds. The van der Waals surface area contributed by atoms with Crippen molar-refractivity contribution in [1.29, 1.82) is 0 Å². The van der Waals surface area contributed by atoms with Gasteiger partial charge in [-0.1, -0.05) is 42.5 Å². The monoisotopic (exact) mass is 237 g/mol. The largest absolute Gasteiger partial charge is 0.399 e. The standard InChI is InChI=1S/C17H19N/c1-12(2)17-11-16(18)9-8-15(17)10-14-7-5-4-6-13(14)3/h4-9,11H,1,10,18H2,2-3H3. The van der Waals surface area contributed by atoms with Crippen LogP contribution in [0.4, 0.5) is 5.69 Å². The van der Waals surface area contributed by atoms with Crippen LogP contribution >= 0.6 is 0 Å². The first-order valence-corrected chi connectivity index (χ1v) is 6.16. The van der Waals surface area contributed by atoms with E-state index in [0.29, 0.717) is 0 Å². The number of allylic oxidation sites excluding steroid dienone is 1. The molecule has 2 N–H and O–H groups in total. The lowest BCUT2D eigenvalue weighted by atomic mass is 9.94. The van der Waals surface area contributed by atoms with Gasteiger partial charge in [-0.05, 0) is 54.7 Å². The molecule has 0 spiro atoms. The van der Waals surface area contributed by atoms with Crippen LogP contribution in [0.25, 0.3) is 5.57 Å². The maximum atomic E-state index is 5.85. The lowest BCUT2D eigenvalue weighted by molar-refractivity contribution is 1.15. The highest BCUT2D eigenvalue weighted by molar-refractivity contribution is 5.68. The fourth-order valence-electron chi connectivity index (χ4n) is 2.16. The summed E-state index contributed by atoms with van der Waals surface area (Å²) in [4.78, 5) is 0. The molecule has 18 heavy (non-hydrogen) atoms. The highest BCUT2D eigenvalue weighted by atomic mass is 14.5. The summed E-state index contributed by atoms with van der Waals surface area (Å²) in [6.07, 6.45) is 0.926. The molecule has 0 bridgehead atoms. The Kier molecular flexibility index (Phi) is 3.52. The fraction of sp³-hybridized carbons (Fsp3) is 0.176. The molecule has 0 aliphatic carbocycles. The van der Waals surface area contributed by atoms with Crippen LogP contribution in [0.1, 0.15) is 29.2 Å². The molecule has 0 saturated heterocycles. The lowest BCUT2D eigenvalue weighted by Crippen LogP contribution is -1.97. The maximum absolute atomic E-state index is 5.85. The second-order valence-corrected chi connectivity index (χ2v) is 4.80. The molecule has 0 fully saturated rings. The van der Waals surface area contributed by atoms with Crippen molar-refractivity contribution in [3.8, 4) is 0 Å².